The first-order valence-electron chi connectivity index (χ1n) is 7.18. The largest absolute Gasteiger partial charge is 0.333 e. The highest BCUT2D eigenvalue weighted by Crippen LogP contribution is 2.15. The van der Waals surface area contributed by atoms with Gasteiger partial charge in [-0.25, -0.2) is 13.1 Å². The monoisotopic (exact) mass is 323 g/mol. The number of hydrogen-bond acceptors (Lipinski definition) is 4. The summed E-state index contributed by atoms with van der Waals surface area (Å²) in [5.41, 5.74) is 0.384. The molecule has 0 aliphatic carbocycles. The van der Waals surface area contributed by atoms with Crippen LogP contribution in [0.2, 0.25) is 0 Å². The molecule has 1 saturated heterocycles. The van der Waals surface area contributed by atoms with Crippen LogP contribution in [-0.4, -0.2) is 51.4 Å². The third-order valence-corrected chi connectivity index (χ3v) is 4.99. The average Bonchev–Trinajstić information content (AvgIpc) is 2.53. The molecular weight excluding hydrogens is 302 g/mol. The van der Waals surface area contributed by atoms with Gasteiger partial charge >= 0.3 is 0 Å². The first-order valence-corrected chi connectivity index (χ1v) is 8.66. The second-order valence-corrected chi connectivity index (χ2v) is 6.99. The van der Waals surface area contributed by atoms with Gasteiger partial charge in [0.15, 0.2) is 0 Å². The summed E-state index contributed by atoms with van der Waals surface area (Å²) in [7, 11) is -3.63. The van der Waals surface area contributed by atoms with Crippen LogP contribution in [0.4, 0.5) is 0 Å². The van der Waals surface area contributed by atoms with Crippen LogP contribution < -0.4 is 10.0 Å². The number of carbonyl (C=O) groups excluding carboxylic acids is 1. The van der Waals surface area contributed by atoms with Crippen LogP contribution in [0.25, 0.3) is 0 Å². The molecular formula is C15H21N3O3S. The summed E-state index contributed by atoms with van der Waals surface area (Å²) >= 11 is 0. The van der Waals surface area contributed by atoms with E-state index in [0.717, 1.165) is 13.1 Å². The molecule has 0 saturated carbocycles. The van der Waals surface area contributed by atoms with Crippen molar-refractivity contribution in [2.24, 2.45) is 0 Å². The van der Waals surface area contributed by atoms with E-state index in [1.54, 1.807) is 17.0 Å². The van der Waals surface area contributed by atoms with E-state index in [-0.39, 0.29) is 23.4 Å². The molecule has 2 N–H and O–H groups in total. The van der Waals surface area contributed by atoms with Crippen molar-refractivity contribution in [1.29, 1.82) is 0 Å². The minimum atomic E-state index is -3.63. The number of carbonyl (C=O) groups is 1. The van der Waals surface area contributed by atoms with E-state index in [0.29, 0.717) is 12.1 Å². The Bertz CT molecular complexity index is 658. The maximum atomic E-state index is 12.6. The number of hydrogen-bond donors (Lipinski definition) is 2. The van der Waals surface area contributed by atoms with Crippen molar-refractivity contribution in [3.05, 3.63) is 42.5 Å². The Kier molecular flexibility index (Phi) is 5.33. The molecule has 120 valence electrons. The van der Waals surface area contributed by atoms with Gasteiger partial charge in [0.05, 0.1) is 4.90 Å². The number of nitrogens with one attached hydrogen (secondary N) is 2. The molecule has 1 aliphatic rings. The number of piperazine rings is 1. The normalized spacial score (nSPS) is 19.0. The number of rotatable bonds is 5. The van der Waals surface area contributed by atoms with Crippen molar-refractivity contribution >= 4 is 15.9 Å². The zero-order chi connectivity index (χ0) is 16.2. The van der Waals surface area contributed by atoms with Gasteiger partial charge < -0.3 is 10.2 Å². The standard InChI is InChI=1S/C15H21N3O3S/c1-3-7-17-22(20,21)14-6-4-5-13(10-14)15(19)18-9-8-16-11-12(18)2/h3-6,10,12,16-17H,1,7-9,11H2,2H3. The second-order valence-electron chi connectivity index (χ2n) is 5.22. The summed E-state index contributed by atoms with van der Waals surface area (Å²) in [6.07, 6.45) is 1.47. The van der Waals surface area contributed by atoms with E-state index in [1.807, 2.05) is 6.92 Å². The molecule has 6 nitrogen and oxygen atoms in total. The quantitative estimate of drug-likeness (QED) is 0.777. The fraction of sp³-hybridized carbons (Fsp3) is 0.400. The van der Waals surface area contributed by atoms with Crippen LogP contribution in [0.3, 0.4) is 0 Å². The molecule has 2 rings (SSSR count). The minimum absolute atomic E-state index is 0.0837. The van der Waals surface area contributed by atoms with Crippen LogP contribution in [0, 0.1) is 0 Å². The molecule has 1 fully saturated rings. The van der Waals surface area contributed by atoms with Crippen molar-refractivity contribution in [2.75, 3.05) is 26.2 Å². The van der Waals surface area contributed by atoms with Gasteiger partial charge in [0.1, 0.15) is 0 Å². The van der Waals surface area contributed by atoms with Gasteiger partial charge in [-0.3, -0.25) is 4.79 Å². The van der Waals surface area contributed by atoms with Crippen molar-refractivity contribution in [3.63, 3.8) is 0 Å². The number of amides is 1. The molecule has 22 heavy (non-hydrogen) atoms. The molecule has 1 unspecified atom stereocenters. The maximum Gasteiger partial charge on any atom is 0.254 e. The molecule has 1 aliphatic heterocycles. The van der Waals surface area contributed by atoms with Crippen molar-refractivity contribution < 1.29 is 13.2 Å². The zero-order valence-electron chi connectivity index (χ0n) is 12.6. The minimum Gasteiger partial charge on any atom is -0.333 e. The highest BCUT2D eigenvalue weighted by molar-refractivity contribution is 7.89. The smallest absolute Gasteiger partial charge is 0.254 e. The fourth-order valence-electron chi connectivity index (χ4n) is 2.36. The molecule has 0 aromatic heterocycles. The van der Waals surface area contributed by atoms with Crippen LogP contribution >= 0.6 is 0 Å². The van der Waals surface area contributed by atoms with Gasteiger partial charge in [-0.15, -0.1) is 6.58 Å². The van der Waals surface area contributed by atoms with Gasteiger partial charge in [0, 0.05) is 37.8 Å². The first-order chi connectivity index (χ1) is 10.5. The van der Waals surface area contributed by atoms with E-state index in [1.165, 1.54) is 18.2 Å². The Morgan fingerprint density at radius 3 is 3.00 bits per heavy atom. The summed E-state index contributed by atoms with van der Waals surface area (Å²) in [6, 6.07) is 6.21. The molecule has 1 amide bonds. The molecule has 7 heteroatoms. The Morgan fingerprint density at radius 1 is 1.55 bits per heavy atom. The lowest BCUT2D eigenvalue weighted by atomic mass is 10.1. The SMILES string of the molecule is C=CCNS(=O)(=O)c1cccc(C(=O)N2CCNCC2C)c1. The number of sulfonamides is 1. The number of benzene rings is 1. The van der Waals surface area contributed by atoms with E-state index < -0.39 is 10.0 Å². The zero-order valence-corrected chi connectivity index (χ0v) is 13.4. The molecule has 1 aromatic carbocycles. The van der Waals surface area contributed by atoms with Crippen LogP contribution in [0.5, 0.6) is 0 Å². The summed E-state index contributed by atoms with van der Waals surface area (Å²) < 4.78 is 26.6. The number of nitrogens with zero attached hydrogens (tertiary/aromatic N) is 1. The van der Waals surface area contributed by atoms with Crippen molar-refractivity contribution in [2.45, 2.75) is 17.9 Å². The van der Waals surface area contributed by atoms with Crippen LogP contribution in [0.15, 0.2) is 41.8 Å². The summed E-state index contributed by atoms with van der Waals surface area (Å²) in [4.78, 5) is 14.4. The summed E-state index contributed by atoms with van der Waals surface area (Å²) in [5, 5.41) is 3.22. The molecule has 1 aromatic rings. The van der Waals surface area contributed by atoms with Gasteiger partial charge in [0.25, 0.3) is 5.91 Å². The molecule has 0 spiro atoms. The highest BCUT2D eigenvalue weighted by atomic mass is 32.2. The lowest BCUT2D eigenvalue weighted by Crippen LogP contribution is -2.52. The lowest BCUT2D eigenvalue weighted by molar-refractivity contribution is 0.0655. The maximum absolute atomic E-state index is 12.6. The topological polar surface area (TPSA) is 78.5 Å². The Balaban J connectivity index is 2.24. The molecule has 0 radical (unpaired) electrons. The molecule has 1 heterocycles. The highest BCUT2D eigenvalue weighted by Gasteiger charge is 2.25. The second kappa shape index (κ2) is 7.04. The first kappa shape index (κ1) is 16.7. The predicted octanol–water partition coefficient (Wildman–Crippen LogP) is 0.585. The van der Waals surface area contributed by atoms with Crippen LogP contribution in [0.1, 0.15) is 17.3 Å². The summed E-state index contributed by atoms with van der Waals surface area (Å²) in [6.45, 7) is 7.70. The van der Waals surface area contributed by atoms with Crippen molar-refractivity contribution in [1.82, 2.24) is 14.9 Å². The molecule has 1 atom stereocenters. The Hall–Kier alpha value is -1.70. The average molecular weight is 323 g/mol. The van der Waals surface area contributed by atoms with Gasteiger partial charge in [-0.1, -0.05) is 12.1 Å². The molecule has 0 bridgehead atoms. The summed E-state index contributed by atoms with van der Waals surface area (Å²) in [5.74, 6) is -0.144. The van der Waals surface area contributed by atoms with E-state index >= 15 is 0 Å². The van der Waals surface area contributed by atoms with E-state index in [2.05, 4.69) is 16.6 Å². The van der Waals surface area contributed by atoms with Crippen LogP contribution in [-0.2, 0) is 10.0 Å². The Morgan fingerprint density at radius 2 is 2.32 bits per heavy atom. The van der Waals surface area contributed by atoms with Gasteiger partial charge in [-0.05, 0) is 25.1 Å². The lowest BCUT2D eigenvalue weighted by Gasteiger charge is -2.34. The third kappa shape index (κ3) is 3.73. The Labute approximate surface area is 131 Å². The van der Waals surface area contributed by atoms with E-state index in [9.17, 15) is 13.2 Å². The van der Waals surface area contributed by atoms with Crippen molar-refractivity contribution in [3.8, 4) is 0 Å². The van der Waals surface area contributed by atoms with Gasteiger partial charge in [-0.2, -0.15) is 0 Å². The third-order valence-electron chi connectivity index (χ3n) is 3.57. The predicted molar refractivity (Wildman–Crippen MR) is 85.2 cm³/mol. The van der Waals surface area contributed by atoms with Gasteiger partial charge in [0.2, 0.25) is 10.0 Å². The van der Waals surface area contributed by atoms with E-state index in [4.69, 9.17) is 0 Å². The fourth-order valence-corrected chi connectivity index (χ4v) is 3.40.